The molecule has 0 aliphatic heterocycles. The fourth-order valence-electron chi connectivity index (χ4n) is 2.45. The highest BCUT2D eigenvalue weighted by atomic mass is 16.5. The van der Waals surface area contributed by atoms with Gasteiger partial charge >= 0.3 is 0 Å². The second-order valence-electron chi connectivity index (χ2n) is 5.82. The molecule has 1 rings (SSSR count). The molecule has 22 heavy (non-hydrogen) atoms. The highest BCUT2D eigenvalue weighted by Gasteiger charge is 2.02. The smallest absolute Gasteiger partial charge is 0.220 e. The van der Waals surface area contributed by atoms with Crippen molar-refractivity contribution in [3.63, 3.8) is 0 Å². The van der Waals surface area contributed by atoms with E-state index in [0.717, 1.165) is 25.1 Å². The topological polar surface area (TPSA) is 38.3 Å². The minimum atomic E-state index is 0.154. The van der Waals surface area contributed by atoms with Crippen molar-refractivity contribution >= 4 is 5.91 Å². The Morgan fingerprint density at radius 3 is 2.27 bits per heavy atom. The quantitative estimate of drug-likeness (QED) is 0.578. The Balaban J connectivity index is 2.01. The van der Waals surface area contributed by atoms with Gasteiger partial charge in [-0.3, -0.25) is 4.79 Å². The summed E-state index contributed by atoms with van der Waals surface area (Å²) in [5.41, 5.74) is 1.17. The third-order valence-electron chi connectivity index (χ3n) is 3.90. The van der Waals surface area contributed by atoms with E-state index in [1.165, 1.54) is 44.1 Å². The number of hydrogen-bond acceptors (Lipinski definition) is 2. The minimum Gasteiger partial charge on any atom is -0.497 e. The van der Waals surface area contributed by atoms with Crippen LogP contribution in [-0.2, 0) is 11.2 Å². The zero-order chi connectivity index (χ0) is 16.0. The van der Waals surface area contributed by atoms with Crippen LogP contribution in [0.25, 0.3) is 0 Å². The fourth-order valence-corrected chi connectivity index (χ4v) is 2.45. The molecule has 0 aliphatic carbocycles. The SMILES string of the molecule is CCCCCCCCCNC(=O)CCc1ccc(OC)cc1. The molecule has 0 spiro atoms. The third kappa shape index (κ3) is 8.71. The van der Waals surface area contributed by atoms with Crippen LogP contribution in [0, 0.1) is 0 Å². The molecule has 1 amide bonds. The average Bonchev–Trinajstić information content (AvgIpc) is 2.56. The Hall–Kier alpha value is -1.51. The van der Waals surface area contributed by atoms with E-state index in [1.807, 2.05) is 24.3 Å². The van der Waals surface area contributed by atoms with Gasteiger partial charge in [0.25, 0.3) is 0 Å². The van der Waals surface area contributed by atoms with Gasteiger partial charge in [-0.25, -0.2) is 0 Å². The van der Waals surface area contributed by atoms with Gasteiger partial charge in [-0.15, -0.1) is 0 Å². The molecule has 0 fully saturated rings. The number of rotatable bonds is 12. The van der Waals surface area contributed by atoms with Gasteiger partial charge in [0, 0.05) is 13.0 Å². The molecule has 1 N–H and O–H groups in total. The molecule has 0 bridgehead atoms. The number of carbonyl (C=O) groups excluding carboxylic acids is 1. The summed E-state index contributed by atoms with van der Waals surface area (Å²) >= 11 is 0. The van der Waals surface area contributed by atoms with Gasteiger partial charge in [-0.05, 0) is 30.5 Å². The van der Waals surface area contributed by atoms with Crippen LogP contribution in [0.2, 0.25) is 0 Å². The number of carbonyl (C=O) groups is 1. The summed E-state index contributed by atoms with van der Waals surface area (Å²) in [4.78, 5) is 11.8. The lowest BCUT2D eigenvalue weighted by Crippen LogP contribution is -2.24. The number of aryl methyl sites for hydroxylation is 1. The maximum Gasteiger partial charge on any atom is 0.220 e. The van der Waals surface area contributed by atoms with Crippen LogP contribution in [0.15, 0.2) is 24.3 Å². The summed E-state index contributed by atoms with van der Waals surface area (Å²) in [6.07, 6.45) is 10.3. The van der Waals surface area contributed by atoms with Crippen LogP contribution in [-0.4, -0.2) is 19.6 Å². The molecule has 0 aromatic heterocycles. The Kier molecular flexibility index (Phi) is 10.2. The standard InChI is InChI=1S/C19H31NO2/c1-3-4-5-6-7-8-9-16-20-19(21)15-12-17-10-13-18(22-2)14-11-17/h10-11,13-14H,3-9,12,15-16H2,1-2H3,(H,20,21). The monoisotopic (exact) mass is 305 g/mol. The highest BCUT2D eigenvalue weighted by Crippen LogP contribution is 2.12. The molecular formula is C19H31NO2. The first-order valence-corrected chi connectivity index (χ1v) is 8.66. The van der Waals surface area contributed by atoms with Crippen LogP contribution in [0.5, 0.6) is 5.75 Å². The van der Waals surface area contributed by atoms with Crippen molar-refractivity contribution in [2.24, 2.45) is 0 Å². The first-order valence-electron chi connectivity index (χ1n) is 8.66. The number of amides is 1. The van der Waals surface area contributed by atoms with E-state index in [2.05, 4.69) is 12.2 Å². The summed E-state index contributed by atoms with van der Waals surface area (Å²) in [6, 6.07) is 7.91. The molecule has 0 atom stereocenters. The fraction of sp³-hybridized carbons (Fsp3) is 0.632. The maximum absolute atomic E-state index is 11.8. The van der Waals surface area contributed by atoms with Crippen LogP contribution in [0.3, 0.4) is 0 Å². The molecule has 1 aromatic rings. The number of nitrogens with one attached hydrogen (secondary N) is 1. The predicted molar refractivity (Wildman–Crippen MR) is 92.3 cm³/mol. The Morgan fingerprint density at radius 1 is 1.00 bits per heavy atom. The van der Waals surface area contributed by atoms with E-state index in [1.54, 1.807) is 7.11 Å². The summed E-state index contributed by atoms with van der Waals surface area (Å²) in [6.45, 7) is 3.05. The lowest BCUT2D eigenvalue weighted by atomic mass is 10.1. The summed E-state index contributed by atoms with van der Waals surface area (Å²) in [5, 5.41) is 3.01. The van der Waals surface area contributed by atoms with Gasteiger partial charge < -0.3 is 10.1 Å². The van der Waals surface area contributed by atoms with Crippen molar-refractivity contribution in [2.75, 3.05) is 13.7 Å². The van der Waals surface area contributed by atoms with Crippen LogP contribution in [0.1, 0.15) is 63.9 Å². The zero-order valence-electron chi connectivity index (χ0n) is 14.2. The Labute approximate surface area is 135 Å². The average molecular weight is 305 g/mol. The molecule has 0 radical (unpaired) electrons. The number of unbranched alkanes of at least 4 members (excludes halogenated alkanes) is 6. The van der Waals surface area contributed by atoms with Gasteiger partial charge in [0.2, 0.25) is 5.91 Å². The van der Waals surface area contributed by atoms with Gasteiger partial charge in [-0.2, -0.15) is 0 Å². The van der Waals surface area contributed by atoms with E-state index in [0.29, 0.717) is 6.42 Å². The first kappa shape index (κ1) is 18.5. The van der Waals surface area contributed by atoms with E-state index in [9.17, 15) is 4.79 Å². The van der Waals surface area contributed by atoms with Crippen molar-refractivity contribution < 1.29 is 9.53 Å². The second kappa shape index (κ2) is 12.1. The van der Waals surface area contributed by atoms with Gasteiger partial charge in [0.15, 0.2) is 0 Å². The third-order valence-corrected chi connectivity index (χ3v) is 3.90. The van der Waals surface area contributed by atoms with Crippen LogP contribution in [0.4, 0.5) is 0 Å². The summed E-state index contributed by atoms with van der Waals surface area (Å²) < 4.78 is 5.12. The molecule has 0 unspecified atom stereocenters. The van der Waals surface area contributed by atoms with Crippen molar-refractivity contribution in [1.82, 2.24) is 5.32 Å². The summed E-state index contributed by atoms with van der Waals surface area (Å²) in [5.74, 6) is 1.01. The molecule has 3 nitrogen and oxygen atoms in total. The predicted octanol–water partition coefficient (Wildman–Crippen LogP) is 4.49. The van der Waals surface area contributed by atoms with E-state index in [-0.39, 0.29) is 5.91 Å². The molecule has 0 aliphatic rings. The molecule has 124 valence electrons. The minimum absolute atomic E-state index is 0.154. The molecular weight excluding hydrogens is 274 g/mol. The van der Waals surface area contributed by atoms with Crippen LogP contribution < -0.4 is 10.1 Å². The van der Waals surface area contributed by atoms with Crippen LogP contribution >= 0.6 is 0 Å². The van der Waals surface area contributed by atoms with Crippen molar-refractivity contribution in [1.29, 1.82) is 0 Å². The van der Waals surface area contributed by atoms with E-state index >= 15 is 0 Å². The molecule has 3 heteroatoms. The molecule has 0 saturated heterocycles. The normalized spacial score (nSPS) is 10.5. The van der Waals surface area contributed by atoms with Crippen molar-refractivity contribution in [3.05, 3.63) is 29.8 Å². The number of methoxy groups -OCH3 is 1. The Morgan fingerprint density at radius 2 is 1.64 bits per heavy atom. The lowest BCUT2D eigenvalue weighted by molar-refractivity contribution is -0.121. The van der Waals surface area contributed by atoms with Gasteiger partial charge in [0.05, 0.1) is 7.11 Å². The molecule has 0 heterocycles. The van der Waals surface area contributed by atoms with E-state index < -0.39 is 0 Å². The zero-order valence-corrected chi connectivity index (χ0v) is 14.2. The van der Waals surface area contributed by atoms with Crippen molar-refractivity contribution in [2.45, 2.75) is 64.7 Å². The molecule has 1 aromatic carbocycles. The lowest BCUT2D eigenvalue weighted by Gasteiger charge is -2.06. The van der Waals surface area contributed by atoms with Crippen molar-refractivity contribution in [3.8, 4) is 5.75 Å². The van der Waals surface area contributed by atoms with Gasteiger partial charge in [0.1, 0.15) is 5.75 Å². The van der Waals surface area contributed by atoms with E-state index in [4.69, 9.17) is 4.74 Å². The highest BCUT2D eigenvalue weighted by molar-refractivity contribution is 5.76. The number of benzene rings is 1. The summed E-state index contributed by atoms with van der Waals surface area (Å²) in [7, 11) is 1.66. The van der Waals surface area contributed by atoms with Gasteiger partial charge in [-0.1, -0.05) is 57.6 Å². The second-order valence-corrected chi connectivity index (χ2v) is 5.82. The largest absolute Gasteiger partial charge is 0.497 e. The maximum atomic E-state index is 11.8. The number of hydrogen-bond donors (Lipinski definition) is 1. The molecule has 0 saturated carbocycles. The Bertz CT molecular complexity index is 400. The first-order chi connectivity index (χ1) is 10.8. The number of ether oxygens (including phenoxy) is 1.